The van der Waals surface area contributed by atoms with Gasteiger partial charge >= 0.3 is 0 Å². The second-order valence-electron chi connectivity index (χ2n) is 6.54. The Bertz CT molecular complexity index is 902. The first-order valence-electron chi connectivity index (χ1n) is 9.05. The van der Waals surface area contributed by atoms with Crippen molar-refractivity contribution in [3.63, 3.8) is 0 Å². The lowest BCUT2D eigenvalue weighted by Gasteiger charge is -2.35. The van der Waals surface area contributed by atoms with Crippen LogP contribution in [0.4, 0.5) is 0 Å². The van der Waals surface area contributed by atoms with Crippen LogP contribution in [0.2, 0.25) is 0 Å². The summed E-state index contributed by atoms with van der Waals surface area (Å²) in [5.74, 6) is 0.0799. The van der Waals surface area contributed by atoms with Crippen molar-refractivity contribution >= 4 is 11.6 Å². The summed E-state index contributed by atoms with van der Waals surface area (Å²) in [5, 5.41) is 4.32. The number of nitrogens with zero attached hydrogens (tertiary/aromatic N) is 4. The molecule has 6 heteroatoms. The zero-order valence-corrected chi connectivity index (χ0v) is 14.8. The van der Waals surface area contributed by atoms with E-state index in [1.54, 1.807) is 16.9 Å². The average molecular weight is 350 g/mol. The molecule has 0 spiro atoms. The fourth-order valence-corrected chi connectivity index (χ4v) is 3.48. The van der Waals surface area contributed by atoms with E-state index in [1.165, 1.54) is 0 Å². The molecule has 26 heavy (non-hydrogen) atoms. The van der Waals surface area contributed by atoms with Crippen LogP contribution < -0.4 is 0 Å². The zero-order chi connectivity index (χ0) is 17.9. The standard InChI is InChI=1S/C20H22N4O2/c1-2-4-17-14-26-12-11-23(17)20(25)16-7-5-15(6-8-16)18-13-22-24-10-3-9-21-19(18)24/h3,5-10,13,17H,2,4,11-12,14H2,1H3. The molecule has 4 rings (SSSR count). The predicted octanol–water partition coefficient (Wildman–Crippen LogP) is 3.04. The fourth-order valence-electron chi connectivity index (χ4n) is 3.48. The number of amides is 1. The van der Waals surface area contributed by atoms with Crippen LogP contribution in [0.5, 0.6) is 0 Å². The number of rotatable bonds is 4. The Labute approximate surface area is 152 Å². The summed E-state index contributed by atoms with van der Waals surface area (Å²) in [7, 11) is 0. The summed E-state index contributed by atoms with van der Waals surface area (Å²) in [6, 6.07) is 9.73. The first-order valence-corrected chi connectivity index (χ1v) is 9.05. The molecule has 134 valence electrons. The highest BCUT2D eigenvalue weighted by molar-refractivity contribution is 5.95. The van der Waals surface area contributed by atoms with E-state index in [1.807, 2.05) is 41.4 Å². The van der Waals surface area contributed by atoms with Crippen LogP contribution in [0.15, 0.2) is 48.9 Å². The topological polar surface area (TPSA) is 59.7 Å². The van der Waals surface area contributed by atoms with E-state index in [2.05, 4.69) is 17.0 Å². The van der Waals surface area contributed by atoms with Crippen LogP contribution >= 0.6 is 0 Å². The van der Waals surface area contributed by atoms with Crippen molar-refractivity contribution in [1.82, 2.24) is 19.5 Å². The van der Waals surface area contributed by atoms with Crippen LogP contribution in [0, 0.1) is 0 Å². The van der Waals surface area contributed by atoms with E-state index in [0.717, 1.165) is 29.6 Å². The lowest BCUT2D eigenvalue weighted by Crippen LogP contribution is -2.48. The van der Waals surface area contributed by atoms with Gasteiger partial charge < -0.3 is 9.64 Å². The largest absolute Gasteiger partial charge is 0.377 e. The number of carbonyl (C=O) groups is 1. The van der Waals surface area contributed by atoms with Gasteiger partial charge in [-0.2, -0.15) is 5.10 Å². The summed E-state index contributed by atoms with van der Waals surface area (Å²) in [4.78, 5) is 19.3. The SMILES string of the molecule is CCCC1COCCN1C(=O)c1ccc(-c2cnn3cccnc23)cc1. The van der Waals surface area contributed by atoms with Gasteiger partial charge in [0.1, 0.15) is 0 Å². The highest BCUT2D eigenvalue weighted by Gasteiger charge is 2.27. The van der Waals surface area contributed by atoms with Gasteiger partial charge in [-0.3, -0.25) is 4.79 Å². The Balaban J connectivity index is 1.58. The molecule has 1 amide bonds. The summed E-state index contributed by atoms with van der Waals surface area (Å²) in [5.41, 5.74) is 3.48. The molecule has 0 N–H and O–H groups in total. The molecule has 6 nitrogen and oxygen atoms in total. The van der Waals surface area contributed by atoms with E-state index in [9.17, 15) is 4.79 Å². The molecule has 1 saturated heterocycles. The Kier molecular flexibility index (Phi) is 4.67. The average Bonchev–Trinajstić information content (AvgIpc) is 3.12. The Morgan fingerprint density at radius 2 is 2.15 bits per heavy atom. The van der Waals surface area contributed by atoms with Crippen molar-refractivity contribution in [2.75, 3.05) is 19.8 Å². The number of morpholine rings is 1. The van der Waals surface area contributed by atoms with E-state index in [-0.39, 0.29) is 11.9 Å². The molecule has 3 heterocycles. The Hall–Kier alpha value is -2.73. The number of aromatic nitrogens is 3. The second-order valence-corrected chi connectivity index (χ2v) is 6.54. The number of hydrogen-bond acceptors (Lipinski definition) is 4. The summed E-state index contributed by atoms with van der Waals surface area (Å²) < 4.78 is 7.30. The van der Waals surface area contributed by atoms with Gasteiger partial charge in [0.2, 0.25) is 0 Å². The molecule has 1 aromatic carbocycles. The summed E-state index contributed by atoms with van der Waals surface area (Å²) >= 11 is 0. The van der Waals surface area contributed by atoms with Crippen molar-refractivity contribution in [3.8, 4) is 11.1 Å². The molecule has 0 aliphatic carbocycles. The van der Waals surface area contributed by atoms with Crippen molar-refractivity contribution in [2.24, 2.45) is 0 Å². The van der Waals surface area contributed by atoms with Crippen molar-refractivity contribution in [2.45, 2.75) is 25.8 Å². The highest BCUT2D eigenvalue weighted by atomic mass is 16.5. The predicted molar refractivity (Wildman–Crippen MR) is 99.0 cm³/mol. The minimum atomic E-state index is 0.0799. The lowest BCUT2D eigenvalue weighted by atomic mass is 10.0. The maximum absolute atomic E-state index is 12.9. The van der Waals surface area contributed by atoms with E-state index in [4.69, 9.17) is 4.74 Å². The van der Waals surface area contributed by atoms with Crippen molar-refractivity contribution in [3.05, 3.63) is 54.5 Å². The maximum Gasteiger partial charge on any atom is 0.254 e. The van der Waals surface area contributed by atoms with Gasteiger partial charge in [-0.1, -0.05) is 25.5 Å². The molecule has 1 unspecified atom stereocenters. The number of hydrogen-bond donors (Lipinski definition) is 0. The minimum absolute atomic E-state index is 0.0799. The third-order valence-electron chi connectivity index (χ3n) is 4.83. The zero-order valence-electron chi connectivity index (χ0n) is 14.8. The molecule has 1 aliphatic rings. The molecule has 1 fully saturated rings. The summed E-state index contributed by atoms with van der Waals surface area (Å²) in [6.45, 7) is 4.03. The van der Waals surface area contributed by atoms with Gasteiger partial charge in [-0.25, -0.2) is 9.50 Å². The normalized spacial score (nSPS) is 17.6. The molecule has 3 aromatic rings. The third kappa shape index (κ3) is 3.08. The van der Waals surface area contributed by atoms with E-state index in [0.29, 0.717) is 25.3 Å². The molecule has 1 aliphatic heterocycles. The molecule has 0 bridgehead atoms. The van der Waals surface area contributed by atoms with Crippen LogP contribution in [0.1, 0.15) is 30.1 Å². The van der Waals surface area contributed by atoms with Crippen molar-refractivity contribution < 1.29 is 9.53 Å². The van der Waals surface area contributed by atoms with Gasteiger partial charge in [-0.05, 0) is 30.2 Å². The second kappa shape index (κ2) is 7.25. The monoisotopic (exact) mass is 350 g/mol. The smallest absolute Gasteiger partial charge is 0.254 e. The maximum atomic E-state index is 12.9. The summed E-state index contributed by atoms with van der Waals surface area (Å²) in [6.07, 6.45) is 7.44. The van der Waals surface area contributed by atoms with E-state index < -0.39 is 0 Å². The van der Waals surface area contributed by atoms with Crippen LogP contribution in [0.25, 0.3) is 16.8 Å². The fraction of sp³-hybridized carbons (Fsp3) is 0.350. The number of carbonyl (C=O) groups excluding carboxylic acids is 1. The number of fused-ring (bicyclic) bond motifs is 1. The third-order valence-corrected chi connectivity index (χ3v) is 4.83. The van der Waals surface area contributed by atoms with Crippen LogP contribution in [-0.2, 0) is 4.74 Å². The van der Waals surface area contributed by atoms with Crippen LogP contribution in [0.3, 0.4) is 0 Å². The van der Waals surface area contributed by atoms with E-state index >= 15 is 0 Å². The van der Waals surface area contributed by atoms with Gasteiger partial charge in [0.25, 0.3) is 5.91 Å². The molecule has 0 saturated carbocycles. The van der Waals surface area contributed by atoms with Gasteiger partial charge in [-0.15, -0.1) is 0 Å². The van der Waals surface area contributed by atoms with Crippen LogP contribution in [-0.4, -0.2) is 51.2 Å². The van der Waals surface area contributed by atoms with Crippen molar-refractivity contribution in [1.29, 1.82) is 0 Å². The lowest BCUT2D eigenvalue weighted by molar-refractivity contribution is -0.00433. The number of ether oxygens (including phenoxy) is 1. The first-order chi connectivity index (χ1) is 12.8. The van der Waals surface area contributed by atoms with Gasteiger partial charge in [0.15, 0.2) is 5.65 Å². The molecule has 0 radical (unpaired) electrons. The Morgan fingerprint density at radius 3 is 2.96 bits per heavy atom. The molecule has 1 atom stereocenters. The van der Waals surface area contributed by atoms with Gasteiger partial charge in [0.05, 0.1) is 25.5 Å². The minimum Gasteiger partial charge on any atom is -0.377 e. The quantitative estimate of drug-likeness (QED) is 0.726. The molecule has 2 aromatic heterocycles. The van der Waals surface area contributed by atoms with Gasteiger partial charge in [0, 0.05) is 30.1 Å². The molecular formula is C20H22N4O2. The first kappa shape index (κ1) is 16.7. The number of benzene rings is 1. The highest BCUT2D eigenvalue weighted by Crippen LogP contribution is 2.24. The molecular weight excluding hydrogens is 328 g/mol. The Morgan fingerprint density at radius 1 is 1.31 bits per heavy atom.